The summed E-state index contributed by atoms with van der Waals surface area (Å²) >= 11 is 2.14. The molecule has 13 rings (SSSR count). The summed E-state index contributed by atoms with van der Waals surface area (Å²) in [6.45, 7) is 6.50. The van der Waals surface area contributed by atoms with Crippen LogP contribution in [-0.4, -0.2) is 23.3 Å². The summed E-state index contributed by atoms with van der Waals surface area (Å²) in [5, 5.41) is 2.70. The van der Waals surface area contributed by atoms with E-state index in [1.807, 2.05) is 89.6 Å². The van der Waals surface area contributed by atoms with Crippen LogP contribution in [0.3, 0.4) is 0 Å². The number of hydrogen-bond donors (Lipinski definition) is 0. The van der Waals surface area contributed by atoms with E-state index in [0.29, 0.717) is 42.9 Å². The first-order valence-electron chi connectivity index (χ1n) is 29.9. The molecule has 0 spiro atoms. The van der Waals surface area contributed by atoms with Crippen molar-refractivity contribution in [2.45, 2.75) is 26.2 Å². The van der Waals surface area contributed by atoms with Gasteiger partial charge in [-0.25, -0.2) is 0 Å². The Kier molecular flexibility index (Phi) is 7.25. The summed E-state index contributed by atoms with van der Waals surface area (Å²) in [5.41, 5.74) is 4.62. The van der Waals surface area contributed by atoms with E-state index in [1.165, 1.54) is 0 Å². The molecule has 4 aromatic heterocycles. The van der Waals surface area contributed by atoms with Gasteiger partial charge in [0, 0.05) is 6.20 Å². The van der Waals surface area contributed by atoms with Crippen molar-refractivity contribution in [2.75, 3.05) is 0 Å². The van der Waals surface area contributed by atoms with Gasteiger partial charge in [0.2, 0.25) is 0 Å². The Morgan fingerprint density at radius 1 is 0.451 bits per heavy atom. The zero-order chi connectivity index (χ0) is 60.0. The van der Waals surface area contributed by atoms with Gasteiger partial charge < -0.3 is 0 Å². The van der Waals surface area contributed by atoms with Crippen molar-refractivity contribution in [2.24, 2.45) is 0 Å². The summed E-state index contributed by atoms with van der Waals surface area (Å²) < 4.78 is 142. The normalized spacial score (nSPS) is 14.7. The predicted molar refractivity (Wildman–Crippen MR) is 288 cm³/mol. The molecule has 9 aromatic carbocycles. The molecule has 0 bridgehead atoms. The summed E-state index contributed by atoms with van der Waals surface area (Å²) in [6.07, 6.45) is 1.83. The fourth-order valence-corrected chi connectivity index (χ4v) is 10.8. The second-order valence-corrected chi connectivity index (χ2v) is 19.2. The first kappa shape index (κ1) is 30.3. The molecule has 0 aliphatic carbocycles. The monoisotopic (exact) mass is 1110 g/mol. The second-order valence-electron chi connectivity index (χ2n) is 18.2. The molecule has 0 atom stereocenters. The van der Waals surface area contributed by atoms with Gasteiger partial charge in [0.25, 0.3) is 0 Å². The second kappa shape index (κ2) is 17.0. The Balaban J connectivity index is 1.09. The van der Waals surface area contributed by atoms with Gasteiger partial charge in [0.1, 0.15) is 0 Å². The Hall–Kier alpha value is -8.31. The van der Waals surface area contributed by atoms with E-state index in [1.54, 1.807) is 51.6 Å². The molecule has 71 heavy (non-hydrogen) atoms. The Morgan fingerprint density at radius 2 is 1.03 bits per heavy atom. The Bertz CT molecular complexity index is 4990. The number of nitrogens with zero attached hydrogens (tertiary/aromatic N) is 5. The van der Waals surface area contributed by atoms with Gasteiger partial charge in [-0.3, -0.25) is 0 Å². The molecule has 4 heterocycles. The minimum atomic E-state index is -0.660. The van der Waals surface area contributed by atoms with Gasteiger partial charge in [0.15, 0.2) is 0 Å². The van der Waals surface area contributed by atoms with Crippen molar-refractivity contribution in [1.82, 2.24) is 23.3 Å². The van der Waals surface area contributed by atoms with Crippen LogP contribution in [0, 0.1) is 3.80 Å². The number of fused-ring (bicyclic) bond motifs is 7. The fraction of sp³-hybridized carbons (Fsp3) is 0.0625. The van der Waals surface area contributed by atoms with Gasteiger partial charge >= 0.3 is 388 Å². The molecule has 7 heteroatoms. The number of hydrogen-bond acceptors (Lipinski definition) is 2. The first-order valence-corrected chi connectivity index (χ1v) is 24.0. The van der Waals surface area contributed by atoms with Crippen molar-refractivity contribution in [1.29, 1.82) is 0 Å². The number of ether oxygens (including phenoxy) is 1. The molecule has 0 amide bonds. The molecule has 0 aliphatic rings. The quantitative estimate of drug-likeness (QED) is 0.152. The van der Waals surface area contributed by atoms with Crippen molar-refractivity contribution in [3.8, 4) is 56.6 Å². The summed E-state index contributed by atoms with van der Waals surface area (Å²) in [5.74, 6) is 1.79. The van der Waals surface area contributed by atoms with E-state index < -0.39 is 78.6 Å². The predicted octanol–water partition coefficient (Wildman–Crippen LogP) is 16.5. The molecule has 13 aromatic rings. The van der Waals surface area contributed by atoms with Gasteiger partial charge in [-0.1, -0.05) is 32.9 Å². The Morgan fingerprint density at radius 3 is 1.72 bits per heavy atom. The molecular weight excluding hydrogens is 1050 g/mol. The molecule has 0 N–H and O–H groups in total. The average Bonchev–Trinajstić information content (AvgIpc) is 1.75. The van der Waals surface area contributed by atoms with Gasteiger partial charge in [-0.15, -0.1) is 0 Å². The van der Waals surface area contributed by atoms with E-state index in [4.69, 9.17) is 22.1 Å². The van der Waals surface area contributed by atoms with Crippen LogP contribution in [0.5, 0.6) is 11.5 Å². The number of imidazole rings is 1. The van der Waals surface area contributed by atoms with Crippen LogP contribution in [0.15, 0.2) is 230 Å². The molecule has 0 aliphatic heterocycles. The van der Waals surface area contributed by atoms with E-state index >= 15 is 0 Å². The van der Waals surface area contributed by atoms with Crippen LogP contribution >= 0.6 is 0 Å². The van der Waals surface area contributed by atoms with Crippen molar-refractivity contribution < 1.29 is 43.3 Å². The van der Waals surface area contributed by atoms with Crippen LogP contribution in [0.1, 0.15) is 45.5 Å². The molecular formula is C64H47N5OPt. The third-order valence-corrected chi connectivity index (χ3v) is 13.9. The van der Waals surface area contributed by atoms with Crippen LogP contribution in [0.25, 0.3) is 99.8 Å². The topological polar surface area (TPSA) is 41.8 Å². The maximum atomic E-state index is 9.57. The third kappa shape index (κ3) is 7.20. The molecule has 344 valence electrons. The van der Waals surface area contributed by atoms with Crippen molar-refractivity contribution >= 4 is 54.6 Å². The van der Waals surface area contributed by atoms with E-state index in [-0.39, 0.29) is 56.0 Å². The zero-order valence-electron chi connectivity index (χ0n) is 52.3. The maximum absolute atomic E-state index is 9.57. The first-order chi connectivity index (χ1) is 40.6. The SMILES string of the molecule is [2H]c1c([2H])c([2H])c(-c2cc(-n3c4ccccc4c4c([2H])c([2H])c([2H])c([2H])c43)cc(-c3c([2H])c([2H])c([2H])c([2H])c3[2H])c2-n2[c](=[Pt])n(-c3cccc(Oc4ccc5c6ccccc6n(-c6cc(C(C)(C)C)ccn6)c5c4)c3)c3ccccc32)c([2H])c1[2H]. The van der Waals surface area contributed by atoms with E-state index in [2.05, 4.69) is 62.9 Å². The van der Waals surface area contributed by atoms with Crippen molar-refractivity contribution in [3.63, 3.8) is 0 Å². The third-order valence-electron chi connectivity index (χ3n) is 12.9. The Labute approximate surface area is 442 Å². The number of rotatable bonds is 8. The van der Waals surface area contributed by atoms with Gasteiger partial charge in [-0.2, -0.15) is 0 Å². The van der Waals surface area contributed by atoms with Gasteiger partial charge in [0.05, 0.1) is 0 Å². The molecule has 0 saturated heterocycles. The summed E-state index contributed by atoms with van der Waals surface area (Å²) in [7, 11) is 0. The van der Waals surface area contributed by atoms with Gasteiger partial charge in [-0.05, 0) is 17.0 Å². The number of aromatic nitrogens is 5. The standard InChI is InChI=1S/C64H47N5O.Pt/c1-64(2,3)45-35-36-65-62(37-45)69-58-30-15-12-27-52(58)53-34-33-49(41-61(53)69)70-48-24-18-23-46(38-48)66-42-67(60-32-17-16-31-59(60)66)63-54(43-19-6-4-7-20-43)39-47(40-55(63)44-21-8-5-9-22-44)68-56-28-13-10-25-50(56)51-26-11-14-29-57(51)68;/h4-41H,1-3H3;/i4D,5D,6D,7D,8D,9D,10D,13D,19D,20D,21D,22D,25D,28D;. The molecule has 0 unspecified atom stereocenters. The number of para-hydroxylation sites is 5. The molecule has 0 radical (unpaired) electrons. The summed E-state index contributed by atoms with van der Waals surface area (Å²) in [6, 6.07) is 35.1. The average molecular weight is 1110 g/mol. The van der Waals surface area contributed by atoms with Crippen LogP contribution < -0.4 is 4.74 Å². The van der Waals surface area contributed by atoms with E-state index in [9.17, 15) is 6.85 Å². The van der Waals surface area contributed by atoms with Crippen LogP contribution in [0.4, 0.5) is 0 Å². The molecule has 0 fully saturated rings. The zero-order valence-corrected chi connectivity index (χ0v) is 40.6. The number of benzene rings is 9. The van der Waals surface area contributed by atoms with Crippen LogP contribution in [0.2, 0.25) is 0 Å². The van der Waals surface area contributed by atoms with Crippen molar-refractivity contribution in [3.05, 3.63) is 240 Å². The summed E-state index contributed by atoms with van der Waals surface area (Å²) in [4.78, 5) is 4.85. The van der Waals surface area contributed by atoms with Crippen LogP contribution in [-0.2, 0) is 24.8 Å². The minimum absolute atomic E-state index is 0.0282. The molecule has 0 saturated carbocycles. The van der Waals surface area contributed by atoms with E-state index in [0.717, 1.165) is 33.2 Å². The number of pyridine rings is 1. The molecule has 6 nitrogen and oxygen atoms in total. The fourth-order valence-electron chi connectivity index (χ4n) is 9.74.